The zero-order valence-corrected chi connectivity index (χ0v) is 18.2. The van der Waals surface area contributed by atoms with Crippen LogP contribution in [0.5, 0.6) is 0 Å². The summed E-state index contributed by atoms with van der Waals surface area (Å²) in [6.07, 6.45) is 6.76. The second-order valence-electron chi connectivity index (χ2n) is 8.83. The summed E-state index contributed by atoms with van der Waals surface area (Å²) < 4.78 is 26.7. The molecule has 0 aromatic heterocycles. The van der Waals surface area contributed by atoms with Crippen LogP contribution in [0.25, 0.3) is 6.08 Å². The number of piperazine rings is 1. The first-order chi connectivity index (χ1) is 14.9. The van der Waals surface area contributed by atoms with Gasteiger partial charge in [0.15, 0.2) is 0 Å². The van der Waals surface area contributed by atoms with Crippen molar-refractivity contribution in [3.63, 3.8) is 0 Å². The molecule has 0 spiro atoms. The Kier molecular flexibility index (Phi) is 5.32. The highest BCUT2D eigenvalue weighted by molar-refractivity contribution is 7.92. The maximum absolute atomic E-state index is 12.8. The number of fused-ring (bicyclic) bond motifs is 5. The number of carbonyl (C=O) groups is 2. The van der Waals surface area contributed by atoms with Crippen molar-refractivity contribution >= 4 is 27.9 Å². The smallest absolute Gasteiger partial charge is 0.236 e. The molecule has 7 nitrogen and oxygen atoms in total. The highest BCUT2D eigenvalue weighted by Gasteiger charge is 2.59. The van der Waals surface area contributed by atoms with Crippen LogP contribution >= 0.6 is 0 Å². The third kappa shape index (κ3) is 3.77. The van der Waals surface area contributed by atoms with Crippen molar-refractivity contribution in [2.75, 3.05) is 39.3 Å². The molecule has 4 aliphatic rings. The lowest BCUT2D eigenvalue weighted by molar-refractivity contribution is -0.140. The van der Waals surface area contributed by atoms with E-state index in [2.05, 4.69) is 17.1 Å². The number of rotatable bonds is 6. The normalized spacial score (nSPS) is 31.3. The number of hydrogen-bond donors (Lipinski definition) is 0. The van der Waals surface area contributed by atoms with Crippen molar-refractivity contribution in [1.82, 2.24) is 14.1 Å². The molecule has 0 unspecified atom stereocenters. The van der Waals surface area contributed by atoms with E-state index in [1.54, 1.807) is 6.08 Å². The van der Waals surface area contributed by atoms with Crippen LogP contribution in [0.2, 0.25) is 0 Å². The fourth-order valence-electron chi connectivity index (χ4n) is 5.45. The second kappa shape index (κ2) is 8.00. The molecule has 164 valence electrons. The molecule has 2 heterocycles. The van der Waals surface area contributed by atoms with Crippen LogP contribution in [-0.2, 0) is 19.6 Å². The molecular formula is C23H27N3O4S. The van der Waals surface area contributed by atoms with Gasteiger partial charge in [0.2, 0.25) is 21.8 Å². The Hall–Kier alpha value is -2.29. The van der Waals surface area contributed by atoms with Crippen molar-refractivity contribution in [3.05, 3.63) is 53.5 Å². The molecule has 31 heavy (non-hydrogen) atoms. The highest BCUT2D eigenvalue weighted by atomic mass is 32.2. The first-order valence-electron chi connectivity index (χ1n) is 10.9. The minimum absolute atomic E-state index is 0.0147. The largest absolute Gasteiger partial charge is 0.299 e. The molecule has 1 aromatic rings. The molecule has 8 heteroatoms. The zero-order chi connectivity index (χ0) is 21.6. The van der Waals surface area contributed by atoms with E-state index < -0.39 is 10.0 Å². The predicted octanol–water partition coefficient (Wildman–Crippen LogP) is 1.41. The maximum Gasteiger partial charge on any atom is 0.236 e. The SMILES string of the molecule is O=C1[C@@H]2[C@H](C(=O)N1CCN1CCN(S(=O)(=O)/C=C\c3ccccc3)CC1)[C@@H]1C=C[C@H]2C1. The lowest BCUT2D eigenvalue weighted by Gasteiger charge is -2.34. The number of benzene rings is 1. The summed E-state index contributed by atoms with van der Waals surface area (Å²) >= 11 is 0. The Balaban J connectivity index is 1.13. The molecule has 2 saturated heterocycles. The Labute approximate surface area is 183 Å². The maximum atomic E-state index is 12.8. The number of imide groups is 1. The quantitative estimate of drug-likeness (QED) is 0.493. The summed E-state index contributed by atoms with van der Waals surface area (Å²) in [6.45, 7) is 2.98. The van der Waals surface area contributed by atoms with E-state index in [1.807, 2.05) is 30.3 Å². The summed E-state index contributed by atoms with van der Waals surface area (Å²) in [5, 5.41) is 1.26. The number of amides is 2. The van der Waals surface area contributed by atoms with Gasteiger partial charge >= 0.3 is 0 Å². The average Bonchev–Trinajstić information content (AvgIpc) is 3.46. The summed E-state index contributed by atoms with van der Waals surface area (Å²) in [5.41, 5.74) is 0.845. The summed E-state index contributed by atoms with van der Waals surface area (Å²) in [7, 11) is -3.47. The van der Waals surface area contributed by atoms with Crippen LogP contribution in [0.15, 0.2) is 47.9 Å². The lowest BCUT2D eigenvalue weighted by atomic mass is 9.85. The van der Waals surface area contributed by atoms with Crippen molar-refractivity contribution in [2.45, 2.75) is 6.42 Å². The molecule has 5 rings (SSSR count). The minimum atomic E-state index is -3.47. The average molecular weight is 442 g/mol. The van der Waals surface area contributed by atoms with Crippen LogP contribution in [0.1, 0.15) is 12.0 Å². The predicted molar refractivity (Wildman–Crippen MR) is 117 cm³/mol. The molecule has 0 radical (unpaired) electrons. The van der Waals surface area contributed by atoms with Gasteiger partial charge in [-0.3, -0.25) is 19.4 Å². The first kappa shape index (κ1) is 20.6. The number of likely N-dealkylation sites (tertiary alicyclic amines) is 1. The minimum Gasteiger partial charge on any atom is -0.299 e. The number of carbonyl (C=O) groups excluding carboxylic acids is 2. The standard InChI is InChI=1S/C23H27N3O4S/c27-22-20-18-6-7-19(16-18)21(20)23(28)26(22)14-11-24-9-12-25(13-10-24)31(29,30)15-8-17-4-2-1-3-5-17/h1-8,15,18-21H,9-14,16H2/b15-8-/t18-,19+,20-,21+. The zero-order valence-electron chi connectivity index (χ0n) is 17.3. The van der Waals surface area contributed by atoms with E-state index in [0.717, 1.165) is 12.0 Å². The van der Waals surface area contributed by atoms with Crippen molar-refractivity contribution in [3.8, 4) is 0 Å². The number of allylic oxidation sites excluding steroid dienone is 2. The molecule has 2 amide bonds. The third-order valence-electron chi connectivity index (χ3n) is 7.12. The van der Waals surface area contributed by atoms with Crippen molar-refractivity contribution in [1.29, 1.82) is 0 Å². The fraction of sp³-hybridized carbons (Fsp3) is 0.478. The van der Waals surface area contributed by atoms with Gasteiger partial charge in [-0.05, 0) is 29.9 Å². The van der Waals surface area contributed by atoms with Crippen molar-refractivity contribution < 1.29 is 18.0 Å². The molecule has 4 atom stereocenters. The Morgan fingerprint density at radius 2 is 1.48 bits per heavy atom. The number of nitrogens with zero attached hydrogens (tertiary/aromatic N) is 3. The molecule has 2 aliphatic heterocycles. The molecular weight excluding hydrogens is 414 g/mol. The monoisotopic (exact) mass is 441 g/mol. The van der Waals surface area contributed by atoms with E-state index in [4.69, 9.17) is 0 Å². The van der Waals surface area contributed by atoms with Gasteiger partial charge in [0.25, 0.3) is 0 Å². The van der Waals surface area contributed by atoms with E-state index >= 15 is 0 Å². The van der Waals surface area contributed by atoms with Gasteiger partial charge in [-0.2, -0.15) is 4.31 Å². The van der Waals surface area contributed by atoms with E-state index in [1.165, 1.54) is 14.6 Å². The first-order valence-corrected chi connectivity index (χ1v) is 12.4. The lowest BCUT2D eigenvalue weighted by Crippen LogP contribution is -2.50. The summed E-state index contributed by atoms with van der Waals surface area (Å²) in [5.74, 6) is 0.128. The summed E-state index contributed by atoms with van der Waals surface area (Å²) in [6, 6.07) is 9.35. The summed E-state index contributed by atoms with van der Waals surface area (Å²) in [4.78, 5) is 29.2. The van der Waals surface area contributed by atoms with E-state index in [-0.39, 0.29) is 35.5 Å². The topological polar surface area (TPSA) is 78.0 Å². The van der Waals surface area contributed by atoms with Gasteiger partial charge in [-0.25, -0.2) is 8.42 Å². The molecule has 1 aromatic carbocycles. The molecule has 0 N–H and O–H groups in total. The fourth-order valence-corrected chi connectivity index (χ4v) is 6.62. The second-order valence-corrected chi connectivity index (χ2v) is 10.6. The Morgan fingerprint density at radius 1 is 0.871 bits per heavy atom. The highest BCUT2D eigenvalue weighted by Crippen LogP contribution is 2.52. The van der Waals surface area contributed by atoms with Crippen LogP contribution in [0.4, 0.5) is 0 Å². The van der Waals surface area contributed by atoms with Gasteiger partial charge in [0.1, 0.15) is 0 Å². The van der Waals surface area contributed by atoms with Gasteiger partial charge in [0, 0.05) is 44.7 Å². The third-order valence-corrected chi connectivity index (χ3v) is 8.69. The van der Waals surface area contributed by atoms with Gasteiger partial charge < -0.3 is 0 Å². The van der Waals surface area contributed by atoms with Crippen LogP contribution < -0.4 is 0 Å². The van der Waals surface area contributed by atoms with Crippen molar-refractivity contribution in [2.24, 2.45) is 23.7 Å². The van der Waals surface area contributed by atoms with Gasteiger partial charge in [-0.1, -0.05) is 42.5 Å². The van der Waals surface area contributed by atoms with Gasteiger partial charge in [0.05, 0.1) is 11.8 Å². The Bertz CT molecular complexity index is 998. The molecule has 1 saturated carbocycles. The Morgan fingerprint density at radius 3 is 2.10 bits per heavy atom. The van der Waals surface area contributed by atoms with Gasteiger partial charge in [-0.15, -0.1) is 0 Å². The number of hydrogen-bond acceptors (Lipinski definition) is 5. The van der Waals surface area contributed by atoms with Crippen LogP contribution in [0.3, 0.4) is 0 Å². The van der Waals surface area contributed by atoms with E-state index in [9.17, 15) is 18.0 Å². The number of sulfonamides is 1. The van der Waals surface area contributed by atoms with Crippen LogP contribution in [-0.4, -0.2) is 73.6 Å². The molecule has 2 bridgehead atoms. The van der Waals surface area contributed by atoms with Crippen LogP contribution in [0, 0.1) is 23.7 Å². The molecule has 3 fully saturated rings. The van der Waals surface area contributed by atoms with E-state index in [0.29, 0.717) is 39.3 Å². The molecule has 2 aliphatic carbocycles.